The SMILES string of the molecule is O=C(CCSCNc1ccc(-n2nc(C(F)(F)F)cc2C(F)(F)F)cc1)Nc1ccc(-n2nc(C(F)(F)F)cc2C(F)(F)F)cc1. The lowest BCUT2D eigenvalue weighted by molar-refractivity contribution is -0.145. The molecule has 7 nitrogen and oxygen atoms in total. The van der Waals surface area contributed by atoms with E-state index in [1.54, 1.807) is 0 Å². The fraction of sp³-hybridized carbons (Fsp3) is 0.269. The van der Waals surface area contributed by atoms with Crippen molar-refractivity contribution in [3.05, 3.63) is 83.4 Å². The molecule has 20 heteroatoms. The van der Waals surface area contributed by atoms with Crippen molar-refractivity contribution < 1.29 is 57.5 Å². The molecule has 0 radical (unpaired) electrons. The largest absolute Gasteiger partial charge is 0.435 e. The van der Waals surface area contributed by atoms with Crippen molar-refractivity contribution >= 4 is 29.0 Å². The Balaban J connectivity index is 1.27. The van der Waals surface area contributed by atoms with Gasteiger partial charge in [-0.1, -0.05) is 0 Å². The molecule has 2 aromatic heterocycles. The quantitative estimate of drug-likeness (QED) is 0.105. The van der Waals surface area contributed by atoms with E-state index >= 15 is 0 Å². The van der Waals surface area contributed by atoms with Crippen molar-refractivity contribution in [3.8, 4) is 11.4 Å². The second kappa shape index (κ2) is 12.8. The van der Waals surface area contributed by atoms with Gasteiger partial charge >= 0.3 is 24.7 Å². The molecule has 0 unspecified atom stereocenters. The van der Waals surface area contributed by atoms with Gasteiger partial charge in [0.05, 0.1) is 17.3 Å². The maximum atomic E-state index is 13.3. The third-order valence-electron chi connectivity index (χ3n) is 5.94. The van der Waals surface area contributed by atoms with E-state index in [9.17, 15) is 57.5 Å². The maximum Gasteiger partial charge on any atom is 0.435 e. The van der Waals surface area contributed by atoms with Crippen LogP contribution in [0.15, 0.2) is 60.7 Å². The number of thioether (sulfide) groups is 1. The molecule has 0 saturated heterocycles. The molecule has 2 N–H and O–H groups in total. The van der Waals surface area contributed by atoms with Crippen LogP contribution in [0.2, 0.25) is 0 Å². The monoisotopic (exact) mass is 690 g/mol. The molecule has 0 atom stereocenters. The summed E-state index contributed by atoms with van der Waals surface area (Å²) in [5.74, 6) is -0.00249. The van der Waals surface area contributed by atoms with Gasteiger partial charge in [0.25, 0.3) is 0 Å². The third-order valence-corrected chi connectivity index (χ3v) is 6.78. The summed E-state index contributed by atoms with van der Waals surface area (Å²) in [5.41, 5.74) is -6.68. The first-order chi connectivity index (χ1) is 21.2. The maximum absolute atomic E-state index is 13.3. The van der Waals surface area contributed by atoms with Crippen molar-refractivity contribution in [2.75, 3.05) is 22.3 Å². The Morgan fingerprint density at radius 1 is 0.630 bits per heavy atom. The summed E-state index contributed by atoms with van der Waals surface area (Å²) in [4.78, 5) is 12.2. The third kappa shape index (κ3) is 8.46. The lowest BCUT2D eigenvalue weighted by Crippen LogP contribution is -2.14. The second-order valence-corrected chi connectivity index (χ2v) is 10.4. The van der Waals surface area contributed by atoms with Crippen molar-refractivity contribution in [2.24, 2.45) is 0 Å². The number of alkyl halides is 12. The number of hydrogen-bond acceptors (Lipinski definition) is 5. The standard InChI is InChI=1S/C26H18F12N6OS/c27-23(28,29)18-11-20(25(33,34)35)43(41-18)16-5-1-14(2-6-16)39-13-46-10-9-22(45)40-15-3-7-17(8-4-15)44-21(26(36,37)38)12-19(42-44)24(30,31)32/h1-8,11-12,39H,9-10,13H2,(H,40,45). The lowest BCUT2D eigenvalue weighted by atomic mass is 10.2. The number of anilines is 2. The Morgan fingerprint density at radius 2 is 1.04 bits per heavy atom. The fourth-order valence-corrected chi connectivity index (χ4v) is 4.58. The predicted molar refractivity (Wildman–Crippen MR) is 141 cm³/mol. The first-order valence-corrected chi connectivity index (χ1v) is 13.7. The van der Waals surface area contributed by atoms with E-state index in [1.165, 1.54) is 36.0 Å². The highest BCUT2D eigenvalue weighted by atomic mass is 32.2. The fourth-order valence-electron chi connectivity index (χ4n) is 3.84. The number of nitrogens with one attached hydrogen (secondary N) is 2. The van der Waals surface area contributed by atoms with Crippen LogP contribution in [0.4, 0.5) is 64.1 Å². The second-order valence-electron chi connectivity index (χ2n) is 9.27. The van der Waals surface area contributed by atoms with Crippen molar-refractivity contribution in [3.63, 3.8) is 0 Å². The Kier molecular flexibility index (Phi) is 9.60. The highest BCUT2D eigenvalue weighted by Gasteiger charge is 2.43. The molecule has 2 heterocycles. The normalized spacial score (nSPS) is 12.8. The number of benzene rings is 2. The molecule has 1 amide bonds. The summed E-state index contributed by atoms with van der Waals surface area (Å²) in [6, 6.07) is 9.20. The van der Waals surface area contributed by atoms with Gasteiger partial charge in [0.2, 0.25) is 5.91 Å². The van der Waals surface area contributed by atoms with Gasteiger partial charge in [-0.15, -0.1) is 11.8 Å². The number of carbonyl (C=O) groups excluding carboxylic acids is 1. The Bertz CT molecular complexity index is 1650. The summed E-state index contributed by atoms with van der Waals surface area (Å²) < 4.78 is 157. The van der Waals surface area contributed by atoms with Crippen LogP contribution in [0, 0.1) is 0 Å². The molecule has 46 heavy (non-hydrogen) atoms. The van der Waals surface area contributed by atoms with E-state index < -0.39 is 53.4 Å². The minimum absolute atomic E-state index is 0.0274. The zero-order chi connectivity index (χ0) is 34.1. The van der Waals surface area contributed by atoms with Gasteiger partial charge in [0.15, 0.2) is 11.4 Å². The summed E-state index contributed by atoms with van der Waals surface area (Å²) in [6.07, 6.45) is -20.4. The Labute approximate surface area is 254 Å². The summed E-state index contributed by atoms with van der Waals surface area (Å²) in [5, 5.41) is 11.5. The van der Waals surface area contributed by atoms with Crippen LogP contribution in [0.25, 0.3) is 11.4 Å². The van der Waals surface area contributed by atoms with E-state index in [4.69, 9.17) is 0 Å². The van der Waals surface area contributed by atoms with E-state index in [0.717, 1.165) is 24.3 Å². The molecule has 0 aliphatic carbocycles. The number of halogens is 12. The molecular formula is C26H18F12N6OS. The molecule has 0 aliphatic rings. The van der Waals surface area contributed by atoms with Crippen LogP contribution >= 0.6 is 11.8 Å². The zero-order valence-corrected chi connectivity index (χ0v) is 23.4. The van der Waals surface area contributed by atoms with Gasteiger partial charge in [0, 0.05) is 35.7 Å². The molecule has 248 valence electrons. The first-order valence-electron chi connectivity index (χ1n) is 12.5. The van der Waals surface area contributed by atoms with Gasteiger partial charge in [-0.2, -0.15) is 62.9 Å². The number of aromatic nitrogens is 4. The van der Waals surface area contributed by atoms with Gasteiger partial charge in [0.1, 0.15) is 11.4 Å². The minimum Gasteiger partial charge on any atom is -0.376 e. The average Bonchev–Trinajstić information content (AvgIpc) is 3.60. The number of amides is 1. The molecule has 2 aromatic carbocycles. The molecule has 4 rings (SSSR count). The molecule has 4 aromatic rings. The summed E-state index contributed by atoms with van der Waals surface area (Å²) in [6.45, 7) is 0. The molecule has 0 aliphatic heterocycles. The van der Waals surface area contributed by atoms with Crippen molar-refractivity contribution in [2.45, 2.75) is 31.1 Å². The Hall–Kier alpha value is -4.36. The number of rotatable bonds is 9. The number of hydrogen-bond donors (Lipinski definition) is 2. The summed E-state index contributed by atoms with van der Waals surface area (Å²) >= 11 is 1.23. The molecule has 0 bridgehead atoms. The minimum atomic E-state index is -5.12. The summed E-state index contributed by atoms with van der Waals surface area (Å²) in [7, 11) is 0. The highest BCUT2D eigenvalue weighted by molar-refractivity contribution is 7.99. The van der Waals surface area contributed by atoms with Crippen LogP contribution in [0.1, 0.15) is 29.2 Å². The van der Waals surface area contributed by atoms with Crippen molar-refractivity contribution in [1.29, 1.82) is 0 Å². The van der Waals surface area contributed by atoms with Crippen molar-refractivity contribution in [1.82, 2.24) is 19.6 Å². The predicted octanol–water partition coefficient (Wildman–Crippen LogP) is 8.26. The zero-order valence-electron chi connectivity index (χ0n) is 22.5. The molecule has 0 saturated carbocycles. The van der Waals surface area contributed by atoms with Crippen LogP contribution < -0.4 is 10.6 Å². The Morgan fingerprint density at radius 3 is 1.43 bits per heavy atom. The van der Waals surface area contributed by atoms with E-state index in [1.807, 2.05) is 0 Å². The van der Waals surface area contributed by atoms with Crippen LogP contribution in [0.5, 0.6) is 0 Å². The van der Waals surface area contributed by atoms with Gasteiger partial charge in [-0.25, -0.2) is 9.36 Å². The molecular weight excluding hydrogens is 672 g/mol. The van der Waals surface area contributed by atoms with E-state index in [0.29, 0.717) is 5.69 Å². The molecule has 0 spiro atoms. The van der Waals surface area contributed by atoms with Gasteiger partial charge in [-0.3, -0.25) is 4.79 Å². The number of carbonyl (C=O) groups is 1. The topological polar surface area (TPSA) is 76.8 Å². The van der Waals surface area contributed by atoms with E-state index in [-0.39, 0.29) is 56.6 Å². The van der Waals surface area contributed by atoms with Gasteiger partial charge in [-0.05, 0) is 48.5 Å². The number of nitrogens with zero attached hydrogens (tertiary/aromatic N) is 4. The first kappa shape index (κ1) is 34.5. The average molecular weight is 691 g/mol. The van der Waals surface area contributed by atoms with E-state index in [2.05, 4.69) is 20.8 Å². The van der Waals surface area contributed by atoms with Crippen LogP contribution in [0.3, 0.4) is 0 Å². The molecule has 0 fully saturated rings. The van der Waals surface area contributed by atoms with Crippen LogP contribution in [-0.4, -0.2) is 37.1 Å². The smallest absolute Gasteiger partial charge is 0.376 e. The van der Waals surface area contributed by atoms with Crippen LogP contribution in [-0.2, 0) is 29.5 Å². The lowest BCUT2D eigenvalue weighted by Gasteiger charge is -2.12. The van der Waals surface area contributed by atoms with Gasteiger partial charge < -0.3 is 10.6 Å². The highest BCUT2D eigenvalue weighted by Crippen LogP contribution is 2.38.